The van der Waals surface area contributed by atoms with Crippen LogP contribution in [0.1, 0.15) is 71.6 Å². The Labute approximate surface area is 145 Å². The Bertz CT molecular complexity index is 314. The van der Waals surface area contributed by atoms with E-state index in [9.17, 15) is 4.79 Å². The standard InChI is InChI=1S/C19H38O3Si/c1-5-16-19(20)21-17-14-12-10-8-7-9-11-13-15-18-23(3,4)22-6-2/h5,16H,6-15,17-18H2,1-4H3. The molecule has 0 saturated carbocycles. The summed E-state index contributed by atoms with van der Waals surface area (Å²) in [6, 6.07) is 1.30. The molecule has 0 aliphatic carbocycles. The van der Waals surface area contributed by atoms with Gasteiger partial charge < -0.3 is 9.16 Å². The molecule has 0 saturated heterocycles. The van der Waals surface area contributed by atoms with Crippen molar-refractivity contribution in [3.05, 3.63) is 12.2 Å². The van der Waals surface area contributed by atoms with E-state index in [0.29, 0.717) is 6.61 Å². The topological polar surface area (TPSA) is 35.5 Å². The fraction of sp³-hybridized carbons (Fsp3) is 0.842. The molecule has 0 amide bonds. The molecule has 0 spiro atoms. The van der Waals surface area contributed by atoms with Crippen LogP contribution in [-0.2, 0) is 14.0 Å². The minimum Gasteiger partial charge on any atom is -0.463 e. The predicted octanol–water partition coefficient (Wildman–Crippen LogP) is 5.86. The molecule has 136 valence electrons. The number of rotatable bonds is 15. The van der Waals surface area contributed by atoms with Crippen LogP contribution in [0.2, 0.25) is 19.1 Å². The third-order valence-corrected chi connectivity index (χ3v) is 6.63. The van der Waals surface area contributed by atoms with Crippen molar-refractivity contribution < 1.29 is 14.0 Å². The first-order chi connectivity index (χ1) is 11.0. The first-order valence-electron chi connectivity index (χ1n) is 9.45. The van der Waals surface area contributed by atoms with Gasteiger partial charge in [0.2, 0.25) is 0 Å². The highest BCUT2D eigenvalue weighted by atomic mass is 28.4. The highest BCUT2D eigenvalue weighted by Crippen LogP contribution is 2.17. The van der Waals surface area contributed by atoms with Gasteiger partial charge in [-0.1, -0.05) is 57.4 Å². The van der Waals surface area contributed by atoms with Gasteiger partial charge >= 0.3 is 5.97 Å². The van der Waals surface area contributed by atoms with E-state index in [4.69, 9.17) is 9.16 Å². The van der Waals surface area contributed by atoms with Gasteiger partial charge in [0.25, 0.3) is 0 Å². The van der Waals surface area contributed by atoms with Crippen molar-refractivity contribution in [3.63, 3.8) is 0 Å². The van der Waals surface area contributed by atoms with Crippen LogP contribution in [0.15, 0.2) is 12.2 Å². The maximum atomic E-state index is 11.1. The number of ether oxygens (including phenoxy) is 1. The lowest BCUT2D eigenvalue weighted by atomic mass is 10.1. The summed E-state index contributed by atoms with van der Waals surface area (Å²) in [6.45, 7) is 10.00. The van der Waals surface area contributed by atoms with Gasteiger partial charge in [0, 0.05) is 12.7 Å². The molecule has 0 atom stereocenters. The molecule has 0 N–H and O–H groups in total. The lowest BCUT2D eigenvalue weighted by molar-refractivity contribution is -0.137. The summed E-state index contributed by atoms with van der Waals surface area (Å²) >= 11 is 0. The Kier molecular flexibility index (Phi) is 14.5. The van der Waals surface area contributed by atoms with Crippen LogP contribution in [-0.4, -0.2) is 27.5 Å². The average molecular weight is 343 g/mol. The van der Waals surface area contributed by atoms with Crippen molar-refractivity contribution in [1.82, 2.24) is 0 Å². The summed E-state index contributed by atoms with van der Waals surface area (Å²) in [5.74, 6) is -0.219. The van der Waals surface area contributed by atoms with Crippen molar-refractivity contribution in [2.45, 2.75) is 90.8 Å². The predicted molar refractivity (Wildman–Crippen MR) is 101 cm³/mol. The number of carbonyl (C=O) groups excluding carboxylic acids is 1. The Hall–Kier alpha value is -0.613. The summed E-state index contributed by atoms with van der Waals surface area (Å²) in [5, 5.41) is 0. The van der Waals surface area contributed by atoms with E-state index in [1.54, 1.807) is 6.08 Å². The van der Waals surface area contributed by atoms with Gasteiger partial charge in [-0.2, -0.15) is 0 Å². The maximum absolute atomic E-state index is 11.1. The number of unbranched alkanes of at least 4 members (excludes halogenated alkanes) is 8. The van der Waals surface area contributed by atoms with Gasteiger partial charge in [0.05, 0.1) is 6.61 Å². The molecule has 0 rings (SSSR count). The van der Waals surface area contributed by atoms with E-state index >= 15 is 0 Å². The number of allylic oxidation sites excluding steroid dienone is 1. The van der Waals surface area contributed by atoms with Gasteiger partial charge in [0.15, 0.2) is 8.32 Å². The molecule has 0 unspecified atom stereocenters. The molecule has 0 aromatic rings. The molecule has 0 aromatic heterocycles. The lowest BCUT2D eigenvalue weighted by Gasteiger charge is -2.21. The molecular weight excluding hydrogens is 304 g/mol. The molecule has 0 aromatic carbocycles. The molecule has 0 heterocycles. The quantitative estimate of drug-likeness (QED) is 0.162. The van der Waals surface area contributed by atoms with E-state index in [1.807, 2.05) is 6.92 Å². The first-order valence-corrected chi connectivity index (χ1v) is 12.6. The molecule has 0 bridgehead atoms. The summed E-state index contributed by atoms with van der Waals surface area (Å²) < 4.78 is 10.9. The van der Waals surface area contributed by atoms with E-state index in [2.05, 4.69) is 20.0 Å². The van der Waals surface area contributed by atoms with Crippen molar-refractivity contribution in [3.8, 4) is 0 Å². The van der Waals surface area contributed by atoms with Gasteiger partial charge in [0.1, 0.15) is 0 Å². The van der Waals surface area contributed by atoms with Crippen LogP contribution in [0.3, 0.4) is 0 Å². The zero-order valence-corrected chi connectivity index (χ0v) is 16.9. The Morgan fingerprint density at radius 3 is 1.96 bits per heavy atom. The minimum absolute atomic E-state index is 0.219. The molecule has 23 heavy (non-hydrogen) atoms. The third kappa shape index (κ3) is 16.0. The Morgan fingerprint density at radius 1 is 0.913 bits per heavy atom. The Morgan fingerprint density at radius 2 is 1.43 bits per heavy atom. The molecular formula is C19H38O3Si. The monoisotopic (exact) mass is 342 g/mol. The molecule has 0 aliphatic heterocycles. The van der Waals surface area contributed by atoms with E-state index in [0.717, 1.165) is 19.4 Å². The van der Waals surface area contributed by atoms with Crippen LogP contribution in [0.4, 0.5) is 0 Å². The SMILES string of the molecule is CC=CC(=O)OCCCCCCCCCCC[Si](C)(C)OCC. The van der Waals surface area contributed by atoms with Crippen molar-refractivity contribution in [1.29, 1.82) is 0 Å². The van der Waals surface area contributed by atoms with Crippen LogP contribution in [0.25, 0.3) is 0 Å². The number of hydrogen-bond acceptors (Lipinski definition) is 3. The Balaban J connectivity index is 3.24. The second-order valence-electron chi connectivity index (χ2n) is 6.79. The second-order valence-corrected chi connectivity index (χ2v) is 11.1. The van der Waals surface area contributed by atoms with Crippen LogP contribution < -0.4 is 0 Å². The van der Waals surface area contributed by atoms with Gasteiger partial charge in [-0.3, -0.25) is 0 Å². The average Bonchev–Trinajstić information content (AvgIpc) is 2.48. The normalized spacial score (nSPS) is 12.0. The van der Waals surface area contributed by atoms with E-state index in [-0.39, 0.29) is 5.97 Å². The molecule has 4 heteroatoms. The number of esters is 1. The third-order valence-electron chi connectivity index (χ3n) is 4.01. The van der Waals surface area contributed by atoms with E-state index < -0.39 is 8.32 Å². The summed E-state index contributed by atoms with van der Waals surface area (Å²) in [7, 11) is -1.35. The van der Waals surface area contributed by atoms with Gasteiger partial charge in [-0.15, -0.1) is 0 Å². The molecule has 0 aliphatic rings. The van der Waals surface area contributed by atoms with Gasteiger partial charge in [-0.05, 0) is 39.4 Å². The van der Waals surface area contributed by atoms with Crippen LogP contribution in [0, 0.1) is 0 Å². The van der Waals surface area contributed by atoms with E-state index in [1.165, 1.54) is 57.1 Å². The van der Waals surface area contributed by atoms with Crippen molar-refractivity contribution >= 4 is 14.3 Å². The molecule has 0 radical (unpaired) electrons. The summed E-state index contributed by atoms with van der Waals surface area (Å²) in [4.78, 5) is 11.1. The lowest BCUT2D eigenvalue weighted by Crippen LogP contribution is -2.29. The molecule has 0 fully saturated rings. The van der Waals surface area contributed by atoms with Gasteiger partial charge in [-0.25, -0.2) is 4.79 Å². The second kappa shape index (κ2) is 14.9. The number of hydrogen-bond donors (Lipinski definition) is 0. The highest BCUT2D eigenvalue weighted by molar-refractivity contribution is 6.71. The largest absolute Gasteiger partial charge is 0.463 e. The zero-order chi connectivity index (χ0) is 17.4. The smallest absolute Gasteiger partial charge is 0.330 e. The molecule has 3 nitrogen and oxygen atoms in total. The van der Waals surface area contributed by atoms with Crippen molar-refractivity contribution in [2.75, 3.05) is 13.2 Å². The van der Waals surface area contributed by atoms with Crippen LogP contribution >= 0.6 is 0 Å². The zero-order valence-electron chi connectivity index (χ0n) is 15.9. The fourth-order valence-electron chi connectivity index (χ4n) is 2.71. The highest BCUT2D eigenvalue weighted by Gasteiger charge is 2.20. The first kappa shape index (κ1) is 22.4. The van der Waals surface area contributed by atoms with Crippen LogP contribution in [0.5, 0.6) is 0 Å². The van der Waals surface area contributed by atoms with Crippen molar-refractivity contribution in [2.24, 2.45) is 0 Å². The number of carbonyl (C=O) groups is 1. The summed E-state index contributed by atoms with van der Waals surface area (Å²) in [6.07, 6.45) is 14.6. The maximum Gasteiger partial charge on any atom is 0.330 e. The fourth-order valence-corrected chi connectivity index (χ4v) is 4.74. The minimum atomic E-state index is -1.35. The summed E-state index contributed by atoms with van der Waals surface area (Å²) in [5.41, 5.74) is 0.